The third-order valence-corrected chi connectivity index (χ3v) is 2.86. The highest BCUT2D eigenvalue weighted by atomic mass is 16.5. The van der Waals surface area contributed by atoms with E-state index in [1.807, 2.05) is 0 Å². The quantitative estimate of drug-likeness (QED) is 0.325. The lowest BCUT2D eigenvalue weighted by molar-refractivity contribution is 0.281. The molecule has 0 aliphatic heterocycles. The minimum absolute atomic E-state index is 0.650. The molecule has 95 valence electrons. The van der Waals surface area contributed by atoms with Gasteiger partial charge in [-0.2, -0.15) is 0 Å². The van der Waals surface area contributed by atoms with Crippen LogP contribution in [-0.4, -0.2) is 6.61 Å². The zero-order chi connectivity index (χ0) is 11.9. The molecule has 0 N–H and O–H groups in total. The van der Waals surface area contributed by atoms with E-state index in [1.54, 1.807) is 0 Å². The molecule has 16 heavy (non-hydrogen) atoms. The molecule has 1 heteroatoms. The molecule has 0 rings (SSSR count). The van der Waals surface area contributed by atoms with E-state index < -0.39 is 0 Å². The molecule has 0 aliphatic carbocycles. The van der Waals surface area contributed by atoms with E-state index >= 15 is 0 Å². The third kappa shape index (κ3) is 13.7. The number of unbranched alkanes of at least 4 members (excludes halogenated alkanes) is 9. The average Bonchev–Trinajstić information content (AvgIpc) is 2.31. The van der Waals surface area contributed by atoms with Gasteiger partial charge in [0, 0.05) is 0 Å². The summed E-state index contributed by atoms with van der Waals surface area (Å²) >= 11 is 0. The van der Waals surface area contributed by atoms with Crippen molar-refractivity contribution in [3.63, 3.8) is 0 Å². The molecular formula is C15H29O. The minimum atomic E-state index is 0.650. The topological polar surface area (TPSA) is 9.23 Å². The van der Waals surface area contributed by atoms with Crippen LogP contribution in [0.2, 0.25) is 0 Å². The number of hydrogen-bond acceptors (Lipinski definition) is 1. The Kier molecular flexibility index (Phi) is 14.4. The van der Waals surface area contributed by atoms with Crippen molar-refractivity contribution in [3.05, 3.63) is 19.3 Å². The molecule has 0 bridgehead atoms. The van der Waals surface area contributed by atoms with Gasteiger partial charge in [0.1, 0.15) is 0 Å². The van der Waals surface area contributed by atoms with Gasteiger partial charge in [0.15, 0.2) is 0 Å². The summed E-state index contributed by atoms with van der Waals surface area (Å²) in [5.41, 5.74) is 0. The van der Waals surface area contributed by atoms with Crippen molar-refractivity contribution >= 4 is 0 Å². The van der Waals surface area contributed by atoms with Gasteiger partial charge >= 0.3 is 0 Å². The molecule has 0 aromatic rings. The van der Waals surface area contributed by atoms with E-state index in [0.29, 0.717) is 6.61 Å². The Bertz CT molecular complexity index is 140. The van der Waals surface area contributed by atoms with Crippen molar-refractivity contribution in [2.45, 2.75) is 71.1 Å². The standard InChI is InChI=1S/C15H29O/c1-3-4-5-6-7-8-9-10-11-12-13-14-15-16-2/h13-14H,2-12,15H2,1H3. The van der Waals surface area contributed by atoms with Crippen molar-refractivity contribution in [2.24, 2.45) is 0 Å². The van der Waals surface area contributed by atoms with Crippen LogP contribution < -0.4 is 0 Å². The smallest absolute Gasteiger partial charge is 0.0704 e. The van der Waals surface area contributed by atoms with Crippen LogP contribution in [0.25, 0.3) is 0 Å². The zero-order valence-electron chi connectivity index (χ0n) is 11.0. The highest BCUT2D eigenvalue weighted by Crippen LogP contribution is 2.10. The first-order valence-electron chi connectivity index (χ1n) is 6.93. The number of ether oxygens (including phenoxy) is 1. The molecule has 0 saturated carbocycles. The van der Waals surface area contributed by atoms with Crippen molar-refractivity contribution in [1.29, 1.82) is 0 Å². The summed E-state index contributed by atoms with van der Waals surface area (Å²) in [6.45, 7) is 2.92. The Labute approximate surface area is 102 Å². The van der Waals surface area contributed by atoms with Gasteiger partial charge in [0.2, 0.25) is 0 Å². The normalized spacial score (nSPS) is 11.4. The lowest BCUT2D eigenvalue weighted by atomic mass is 10.1. The van der Waals surface area contributed by atoms with Gasteiger partial charge in [0.25, 0.3) is 0 Å². The van der Waals surface area contributed by atoms with Crippen LogP contribution in [0.15, 0.2) is 12.2 Å². The minimum Gasteiger partial charge on any atom is -0.375 e. The molecule has 0 heterocycles. The molecule has 0 spiro atoms. The van der Waals surface area contributed by atoms with E-state index in [2.05, 4.69) is 26.2 Å². The predicted octanol–water partition coefficient (Wildman–Crippen LogP) is 5.27. The second kappa shape index (κ2) is 14.7. The van der Waals surface area contributed by atoms with Gasteiger partial charge in [-0.25, -0.2) is 0 Å². The lowest BCUT2D eigenvalue weighted by Gasteiger charge is -2.00. The molecule has 0 amide bonds. The second-order valence-corrected chi connectivity index (χ2v) is 4.46. The molecule has 0 fully saturated rings. The van der Waals surface area contributed by atoms with Crippen LogP contribution in [-0.2, 0) is 4.74 Å². The van der Waals surface area contributed by atoms with Crippen molar-refractivity contribution in [3.8, 4) is 0 Å². The van der Waals surface area contributed by atoms with Gasteiger partial charge < -0.3 is 4.74 Å². The summed E-state index contributed by atoms with van der Waals surface area (Å²) in [5.74, 6) is 0. The first-order valence-corrected chi connectivity index (χ1v) is 6.93. The summed E-state index contributed by atoms with van der Waals surface area (Å²) in [7, 11) is 3.32. The Morgan fingerprint density at radius 2 is 1.38 bits per heavy atom. The van der Waals surface area contributed by atoms with Gasteiger partial charge in [-0.05, 0) is 12.8 Å². The van der Waals surface area contributed by atoms with Crippen LogP contribution in [0.3, 0.4) is 0 Å². The van der Waals surface area contributed by atoms with Gasteiger partial charge in [0.05, 0.1) is 13.7 Å². The molecule has 0 unspecified atom stereocenters. The number of hydrogen-bond donors (Lipinski definition) is 0. The maximum absolute atomic E-state index is 4.70. The summed E-state index contributed by atoms with van der Waals surface area (Å²) in [4.78, 5) is 0. The maximum atomic E-state index is 4.70. The first kappa shape index (κ1) is 15.7. The number of allylic oxidation sites excluding steroid dienone is 1. The fraction of sp³-hybridized carbons (Fsp3) is 0.800. The maximum Gasteiger partial charge on any atom is 0.0704 e. The monoisotopic (exact) mass is 225 g/mol. The molecule has 0 aliphatic rings. The van der Waals surface area contributed by atoms with E-state index in [1.165, 1.54) is 64.2 Å². The van der Waals surface area contributed by atoms with Gasteiger partial charge in [-0.3, -0.25) is 0 Å². The number of rotatable bonds is 12. The van der Waals surface area contributed by atoms with Crippen LogP contribution in [0, 0.1) is 7.11 Å². The van der Waals surface area contributed by atoms with E-state index in [0.717, 1.165) is 0 Å². The summed E-state index contributed by atoms with van der Waals surface area (Å²) in [6, 6.07) is 0. The largest absolute Gasteiger partial charge is 0.375 e. The van der Waals surface area contributed by atoms with Crippen molar-refractivity contribution < 1.29 is 4.74 Å². The molecule has 0 atom stereocenters. The molecule has 0 aromatic carbocycles. The Morgan fingerprint density at radius 1 is 0.812 bits per heavy atom. The molecule has 0 saturated heterocycles. The Morgan fingerprint density at radius 3 is 1.94 bits per heavy atom. The van der Waals surface area contributed by atoms with Crippen molar-refractivity contribution in [1.82, 2.24) is 0 Å². The fourth-order valence-electron chi connectivity index (χ4n) is 1.83. The summed E-state index contributed by atoms with van der Waals surface area (Å²) in [6.07, 6.45) is 18.1. The summed E-state index contributed by atoms with van der Waals surface area (Å²) in [5, 5.41) is 0. The third-order valence-electron chi connectivity index (χ3n) is 2.86. The molecule has 1 radical (unpaired) electrons. The van der Waals surface area contributed by atoms with E-state index in [9.17, 15) is 0 Å². The zero-order valence-corrected chi connectivity index (χ0v) is 11.0. The van der Waals surface area contributed by atoms with Gasteiger partial charge in [-0.1, -0.05) is 70.4 Å². The van der Waals surface area contributed by atoms with E-state index in [-0.39, 0.29) is 0 Å². The Balaban J connectivity index is 2.93. The molecular weight excluding hydrogens is 196 g/mol. The highest BCUT2D eigenvalue weighted by Gasteiger charge is 1.90. The van der Waals surface area contributed by atoms with Crippen LogP contribution in [0.1, 0.15) is 71.1 Å². The van der Waals surface area contributed by atoms with Crippen molar-refractivity contribution in [2.75, 3.05) is 6.61 Å². The first-order chi connectivity index (χ1) is 7.91. The lowest BCUT2D eigenvalue weighted by Crippen LogP contribution is -1.81. The highest BCUT2D eigenvalue weighted by molar-refractivity contribution is 4.81. The van der Waals surface area contributed by atoms with Crippen LogP contribution in [0.4, 0.5) is 0 Å². The van der Waals surface area contributed by atoms with Gasteiger partial charge in [-0.15, -0.1) is 0 Å². The second-order valence-electron chi connectivity index (χ2n) is 4.46. The fourth-order valence-corrected chi connectivity index (χ4v) is 1.83. The SMILES string of the molecule is [CH2]OCC=CCCCCCCCCCCC. The Hall–Kier alpha value is -0.300. The average molecular weight is 225 g/mol. The molecule has 1 nitrogen and oxygen atoms in total. The predicted molar refractivity (Wildman–Crippen MR) is 72.3 cm³/mol. The molecule has 0 aromatic heterocycles. The summed E-state index contributed by atoms with van der Waals surface area (Å²) < 4.78 is 4.70. The van der Waals surface area contributed by atoms with E-state index in [4.69, 9.17) is 4.74 Å². The van der Waals surface area contributed by atoms with Crippen LogP contribution in [0.5, 0.6) is 0 Å². The van der Waals surface area contributed by atoms with Crippen LogP contribution >= 0.6 is 0 Å².